The maximum absolute atomic E-state index is 4.59. The molecule has 0 fully saturated rings. The molecule has 0 aliphatic carbocycles. The first-order valence-electron chi connectivity index (χ1n) is 6.80. The summed E-state index contributed by atoms with van der Waals surface area (Å²) in [6.07, 6.45) is 0. The fraction of sp³-hybridized carbons (Fsp3) is 0.214. The van der Waals surface area contributed by atoms with E-state index in [0.29, 0.717) is 0 Å². The Bertz CT molecular complexity index is 710. The second kappa shape index (κ2) is 7.57. The van der Waals surface area contributed by atoms with E-state index < -0.39 is 0 Å². The van der Waals surface area contributed by atoms with Crippen molar-refractivity contribution in [3.8, 4) is 0 Å². The van der Waals surface area contributed by atoms with E-state index in [0.717, 1.165) is 38.3 Å². The number of nitrogens with zero attached hydrogens (tertiary/aromatic N) is 3. The molecule has 0 atom stereocenters. The van der Waals surface area contributed by atoms with E-state index in [2.05, 4.69) is 31.2 Å². The van der Waals surface area contributed by atoms with Crippen LogP contribution in [0.4, 0.5) is 16.0 Å². The maximum atomic E-state index is 4.59. The Labute approximate surface area is 141 Å². The highest BCUT2D eigenvalue weighted by atomic mass is 32.2. The lowest BCUT2D eigenvalue weighted by atomic mass is 10.3. The number of para-hydroxylation sites is 1. The lowest BCUT2D eigenvalue weighted by molar-refractivity contribution is 1.00. The Hall–Kier alpha value is -1.64. The van der Waals surface area contributed by atoms with Gasteiger partial charge in [0.1, 0.15) is 0 Å². The van der Waals surface area contributed by atoms with Gasteiger partial charge in [0.15, 0.2) is 9.47 Å². The van der Waals surface area contributed by atoms with Crippen LogP contribution in [0.5, 0.6) is 0 Å². The van der Waals surface area contributed by atoms with Crippen molar-refractivity contribution in [3.63, 3.8) is 0 Å². The Balaban J connectivity index is 1.55. The van der Waals surface area contributed by atoms with E-state index in [1.165, 1.54) is 0 Å². The minimum absolute atomic E-state index is 0.799. The van der Waals surface area contributed by atoms with Crippen LogP contribution in [0.15, 0.2) is 40.1 Å². The smallest absolute Gasteiger partial charge is 0.206 e. The number of rotatable bonds is 7. The number of anilines is 3. The van der Waals surface area contributed by atoms with Crippen molar-refractivity contribution >= 4 is 50.4 Å². The second-order valence-electron chi connectivity index (χ2n) is 4.33. The van der Waals surface area contributed by atoms with Crippen LogP contribution in [0.25, 0.3) is 0 Å². The van der Waals surface area contributed by atoms with Crippen molar-refractivity contribution in [3.05, 3.63) is 41.4 Å². The molecule has 0 saturated carbocycles. The lowest BCUT2D eigenvalue weighted by Gasteiger charge is -2.00. The summed E-state index contributed by atoms with van der Waals surface area (Å²) in [6, 6.07) is 10.1. The Kier molecular flexibility index (Phi) is 5.25. The molecule has 0 aliphatic heterocycles. The monoisotopic (exact) mass is 349 g/mol. The van der Waals surface area contributed by atoms with Crippen LogP contribution in [0.3, 0.4) is 0 Å². The van der Waals surface area contributed by atoms with Crippen molar-refractivity contribution < 1.29 is 0 Å². The molecule has 5 nitrogen and oxygen atoms in total. The number of nitrogens with one attached hydrogen (secondary N) is 2. The summed E-state index contributed by atoms with van der Waals surface area (Å²) < 4.78 is 0.960. The van der Waals surface area contributed by atoms with Crippen molar-refractivity contribution in [2.75, 3.05) is 17.2 Å². The summed E-state index contributed by atoms with van der Waals surface area (Å²) >= 11 is 4.85. The lowest BCUT2D eigenvalue weighted by Crippen LogP contribution is -1.94. The van der Waals surface area contributed by atoms with Crippen LogP contribution in [0, 0.1) is 0 Å². The second-order valence-corrected chi connectivity index (χ2v) is 7.39. The largest absolute Gasteiger partial charge is 0.360 e. The van der Waals surface area contributed by atoms with Gasteiger partial charge in [0.05, 0.1) is 5.69 Å². The molecular formula is C14H15N5S3. The van der Waals surface area contributed by atoms with Gasteiger partial charge >= 0.3 is 0 Å². The molecule has 22 heavy (non-hydrogen) atoms. The summed E-state index contributed by atoms with van der Waals surface area (Å²) in [5.41, 5.74) is 2.10. The van der Waals surface area contributed by atoms with Crippen molar-refractivity contribution in [1.82, 2.24) is 15.2 Å². The molecule has 3 rings (SSSR count). The zero-order valence-corrected chi connectivity index (χ0v) is 14.4. The fourth-order valence-electron chi connectivity index (χ4n) is 1.70. The van der Waals surface area contributed by atoms with Crippen molar-refractivity contribution in [2.45, 2.75) is 17.0 Å². The van der Waals surface area contributed by atoms with Crippen LogP contribution in [-0.4, -0.2) is 21.7 Å². The van der Waals surface area contributed by atoms with E-state index in [1.54, 1.807) is 34.4 Å². The number of thiazole rings is 1. The van der Waals surface area contributed by atoms with Crippen LogP contribution in [0.2, 0.25) is 0 Å². The summed E-state index contributed by atoms with van der Waals surface area (Å²) in [5, 5.41) is 18.6. The highest BCUT2D eigenvalue weighted by Gasteiger charge is 2.07. The number of hydrogen-bond acceptors (Lipinski definition) is 8. The van der Waals surface area contributed by atoms with Crippen LogP contribution >= 0.6 is 34.4 Å². The van der Waals surface area contributed by atoms with E-state index in [-0.39, 0.29) is 0 Å². The molecule has 0 spiro atoms. The summed E-state index contributed by atoms with van der Waals surface area (Å²) in [5.74, 6) is 0.799. The molecule has 0 bridgehead atoms. The van der Waals surface area contributed by atoms with Gasteiger partial charge in [-0.3, -0.25) is 0 Å². The van der Waals surface area contributed by atoms with Gasteiger partial charge in [-0.25, -0.2) is 4.98 Å². The van der Waals surface area contributed by atoms with Crippen LogP contribution in [-0.2, 0) is 5.75 Å². The minimum Gasteiger partial charge on any atom is -0.360 e. The molecule has 3 aromatic rings. The standard InChI is InChI=1S/C14H15N5S3/c1-2-15-12-18-19-14(22-12)21-9-11-8-20-13(17-11)16-10-6-4-3-5-7-10/h3-8H,2,9H2,1H3,(H,15,18)(H,16,17). The molecule has 2 heterocycles. The first kappa shape index (κ1) is 15.3. The minimum atomic E-state index is 0.799. The van der Waals surface area contributed by atoms with Crippen molar-refractivity contribution in [1.29, 1.82) is 0 Å². The number of aromatic nitrogens is 3. The highest BCUT2D eigenvalue weighted by molar-refractivity contribution is 8.00. The number of benzene rings is 1. The molecule has 2 N–H and O–H groups in total. The van der Waals surface area contributed by atoms with E-state index in [1.807, 2.05) is 37.3 Å². The normalized spacial score (nSPS) is 10.6. The van der Waals surface area contributed by atoms with Gasteiger partial charge < -0.3 is 10.6 Å². The molecule has 0 radical (unpaired) electrons. The van der Waals surface area contributed by atoms with Gasteiger partial charge in [0.25, 0.3) is 0 Å². The quantitative estimate of drug-likeness (QED) is 0.614. The van der Waals surface area contributed by atoms with Crippen LogP contribution in [0.1, 0.15) is 12.6 Å². The third-order valence-corrected chi connectivity index (χ3v) is 5.51. The molecular weight excluding hydrogens is 334 g/mol. The molecule has 8 heteroatoms. The van der Waals surface area contributed by atoms with Gasteiger partial charge in [-0.15, -0.1) is 21.5 Å². The van der Waals surface area contributed by atoms with E-state index in [9.17, 15) is 0 Å². The van der Waals surface area contributed by atoms with E-state index in [4.69, 9.17) is 0 Å². The topological polar surface area (TPSA) is 62.7 Å². The fourth-order valence-corrected chi connectivity index (χ4v) is 4.25. The highest BCUT2D eigenvalue weighted by Crippen LogP contribution is 2.29. The number of thioether (sulfide) groups is 1. The maximum Gasteiger partial charge on any atom is 0.206 e. The summed E-state index contributed by atoms with van der Waals surface area (Å²) in [7, 11) is 0. The van der Waals surface area contributed by atoms with Gasteiger partial charge in [0.2, 0.25) is 5.13 Å². The number of hydrogen-bond donors (Lipinski definition) is 2. The predicted octanol–water partition coefficient (Wildman–Crippen LogP) is 4.46. The first-order valence-corrected chi connectivity index (χ1v) is 9.48. The Morgan fingerprint density at radius 1 is 1.14 bits per heavy atom. The SMILES string of the molecule is CCNc1nnc(SCc2csc(Nc3ccccc3)n2)s1. The molecule has 114 valence electrons. The molecule has 0 amide bonds. The molecule has 1 aromatic carbocycles. The van der Waals surface area contributed by atoms with Gasteiger partial charge in [-0.2, -0.15) is 0 Å². The van der Waals surface area contributed by atoms with Crippen LogP contribution < -0.4 is 10.6 Å². The summed E-state index contributed by atoms with van der Waals surface area (Å²) in [6.45, 7) is 2.91. The van der Waals surface area contributed by atoms with Gasteiger partial charge in [-0.1, -0.05) is 41.3 Å². The average molecular weight is 350 g/mol. The Morgan fingerprint density at radius 2 is 2.00 bits per heavy atom. The van der Waals surface area contributed by atoms with Crippen molar-refractivity contribution in [2.24, 2.45) is 0 Å². The zero-order chi connectivity index (χ0) is 15.2. The van der Waals surface area contributed by atoms with Gasteiger partial charge in [-0.05, 0) is 19.1 Å². The Morgan fingerprint density at radius 3 is 2.82 bits per heavy atom. The zero-order valence-electron chi connectivity index (χ0n) is 11.9. The molecule has 0 aliphatic rings. The summed E-state index contributed by atoms with van der Waals surface area (Å²) in [4.78, 5) is 4.59. The van der Waals surface area contributed by atoms with Gasteiger partial charge in [0, 0.05) is 23.4 Å². The molecule has 0 unspecified atom stereocenters. The molecule has 0 saturated heterocycles. The predicted molar refractivity (Wildman–Crippen MR) is 95.5 cm³/mol. The van der Waals surface area contributed by atoms with E-state index >= 15 is 0 Å². The third kappa shape index (κ3) is 4.19. The average Bonchev–Trinajstić information content (AvgIpc) is 3.16. The molecule has 2 aromatic heterocycles. The first-order chi connectivity index (χ1) is 10.8. The third-order valence-electron chi connectivity index (χ3n) is 2.65.